The number of nitrogens with one attached hydrogen (secondary N) is 1. The largest absolute Gasteiger partial charge is 0.458 e. The summed E-state index contributed by atoms with van der Waals surface area (Å²) in [7, 11) is 0. The number of hydrogen-bond acceptors (Lipinski definition) is 4. The zero-order chi connectivity index (χ0) is 12.8. The third-order valence-electron chi connectivity index (χ3n) is 2.85. The van der Waals surface area contributed by atoms with Crippen molar-refractivity contribution in [2.24, 2.45) is 0 Å². The Morgan fingerprint density at radius 1 is 1.53 bits per heavy atom. The highest BCUT2D eigenvalue weighted by molar-refractivity contribution is 5.93. The molecule has 4 heteroatoms. The summed E-state index contributed by atoms with van der Waals surface area (Å²) in [5, 5.41) is 11.9. The van der Waals surface area contributed by atoms with Gasteiger partial charge < -0.3 is 14.8 Å². The summed E-state index contributed by atoms with van der Waals surface area (Å²) in [6, 6.07) is 2.02. The molecular weight excluding hydrogens is 218 g/mol. The molecule has 0 saturated carbocycles. The molecule has 0 spiro atoms. The summed E-state index contributed by atoms with van der Waals surface area (Å²) in [6.07, 6.45) is 1.12. The highest BCUT2D eigenvalue weighted by Crippen LogP contribution is 2.14. The van der Waals surface area contributed by atoms with E-state index < -0.39 is 0 Å². The second-order valence-electron chi connectivity index (χ2n) is 4.39. The summed E-state index contributed by atoms with van der Waals surface area (Å²) < 4.78 is 5.36. The van der Waals surface area contributed by atoms with Crippen molar-refractivity contribution >= 4 is 5.78 Å². The van der Waals surface area contributed by atoms with Gasteiger partial charge in [-0.2, -0.15) is 0 Å². The summed E-state index contributed by atoms with van der Waals surface area (Å²) in [4.78, 5) is 11.8. The lowest BCUT2D eigenvalue weighted by Gasteiger charge is -2.10. The molecule has 1 rings (SSSR count). The quantitative estimate of drug-likeness (QED) is 0.713. The molecule has 17 heavy (non-hydrogen) atoms. The van der Waals surface area contributed by atoms with Crippen molar-refractivity contribution in [3.8, 4) is 0 Å². The van der Waals surface area contributed by atoms with Crippen LogP contribution < -0.4 is 5.32 Å². The highest BCUT2D eigenvalue weighted by Gasteiger charge is 2.12. The summed E-state index contributed by atoms with van der Waals surface area (Å²) in [5.74, 6) is 1.26. The standard InChI is InChI=1S/C13H21NO3/c1-9-8-13(17-11(9)3)12(16)4-6-14-10(2)5-7-15/h8,10,14-15H,4-7H2,1-3H3. The predicted molar refractivity (Wildman–Crippen MR) is 66.3 cm³/mol. The molecule has 0 radical (unpaired) electrons. The van der Waals surface area contributed by atoms with Crippen LogP contribution >= 0.6 is 0 Å². The van der Waals surface area contributed by atoms with E-state index in [1.165, 1.54) is 0 Å². The van der Waals surface area contributed by atoms with Crippen LogP contribution in [-0.2, 0) is 0 Å². The first-order chi connectivity index (χ1) is 8.04. The minimum Gasteiger partial charge on any atom is -0.458 e. The average molecular weight is 239 g/mol. The van der Waals surface area contributed by atoms with Gasteiger partial charge in [-0.15, -0.1) is 0 Å². The maximum Gasteiger partial charge on any atom is 0.199 e. The van der Waals surface area contributed by atoms with Crippen molar-refractivity contribution in [1.82, 2.24) is 5.32 Å². The number of carbonyl (C=O) groups excluding carboxylic acids is 1. The number of rotatable bonds is 7. The number of aryl methyl sites for hydroxylation is 2. The Morgan fingerprint density at radius 2 is 2.24 bits per heavy atom. The first-order valence-electron chi connectivity index (χ1n) is 5.99. The molecule has 0 aromatic carbocycles. The molecule has 0 aliphatic carbocycles. The van der Waals surface area contributed by atoms with E-state index in [9.17, 15) is 4.79 Å². The lowest BCUT2D eigenvalue weighted by Crippen LogP contribution is -2.29. The Hall–Kier alpha value is -1.13. The van der Waals surface area contributed by atoms with E-state index in [1.54, 1.807) is 6.07 Å². The third-order valence-corrected chi connectivity index (χ3v) is 2.85. The third kappa shape index (κ3) is 4.32. The van der Waals surface area contributed by atoms with E-state index >= 15 is 0 Å². The Labute approximate surface area is 102 Å². The van der Waals surface area contributed by atoms with Gasteiger partial charge in [0.2, 0.25) is 0 Å². The topological polar surface area (TPSA) is 62.5 Å². The number of Topliss-reactive ketones (excluding diaryl/α,β-unsaturated/α-hetero) is 1. The second kappa shape index (κ2) is 6.57. The number of furan rings is 1. The number of aliphatic hydroxyl groups is 1. The molecule has 96 valence electrons. The van der Waals surface area contributed by atoms with Crippen LogP contribution in [-0.4, -0.2) is 30.1 Å². The monoisotopic (exact) mass is 239 g/mol. The maximum absolute atomic E-state index is 11.8. The summed E-state index contributed by atoms with van der Waals surface area (Å²) in [5.41, 5.74) is 1.01. The molecule has 4 nitrogen and oxygen atoms in total. The van der Waals surface area contributed by atoms with E-state index in [-0.39, 0.29) is 18.4 Å². The second-order valence-corrected chi connectivity index (χ2v) is 4.39. The lowest BCUT2D eigenvalue weighted by atomic mass is 10.2. The molecule has 0 saturated heterocycles. The fourth-order valence-electron chi connectivity index (χ4n) is 1.56. The molecule has 1 aromatic rings. The molecule has 1 unspecified atom stereocenters. The Kier molecular flexibility index (Phi) is 5.38. The normalized spacial score (nSPS) is 12.7. The molecule has 1 aromatic heterocycles. The van der Waals surface area contributed by atoms with Crippen LogP contribution in [0.5, 0.6) is 0 Å². The smallest absolute Gasteiger partial charge is 0.199 e. The van der Waals surface area contributed by atoms with E-state index in [4.69, 9.17) is 9.52 Å². The molecule has 0 aliphatic rings. The molecule has 0 aliphatic heterocycles. The molecule has 0 fully saturated rings. The van der Waals surface area contributed by atoms with E-state index in [1.807, 2.05) is 20.8 Å². The number of ketones is 1. The van der Waals surface area contributed by atoms with Crippen molar-refractivity contribution in [1.29, 1.82) is 0 Å². The van der Waals surface area contributed by atoms with Crippen molar-refractivity contribution in [3.05, 3.63) is 23.2 Å². The van der Waals surface area contributed by atoms with Gasteiger partial charge in [0.05, 0.1) is 0 Å². The fourth-order valence-corrected chi connectivity index (χ4v) is 1.56. The molecule has 1 heterocycles. The number of aliphatic hydroxyl groups excluding tert-OH is 1. The summed E-state index contributed by atoms with van der Waals surface area (Å²) >= 11 is 0. The molecule has 0 bridgehead atoms. The SMILES string of the molecule is Cc1cc(C(=O)CCNC(C)CCO)oc1C. The molecule has 2 N–H and O–H groups in total. The van der Waals surface area contributed by atoms with Gasteiger partial charge in [0, 0.05) is 25.6 Å². The van der Waals surface area contributed by atoms with Gasteiger partial charge in [-0.3, -0.25) is 4.79 Å². The predicted octanol–water partition coefficient (Wildman–Crippen LogP) is 1.83. The van der Waals surface area contributed by atoms with Crippen molar-refractivity contribution in [2.45, 2.75) is 39.7 Å². The van der Waals surface area contributed by atoms with Gasteiger partial charge in [0.15, 0.2) is 11.5 Å². The molecule has 1 atom stereocenters. The van der Waals surface area contributed by atoms with Gasteiger partial charge in [0.25, 0.3) is 0 Å². The zero-order valence-corrected chi connectivity index (χ0v) is 10.7. The van der Waals surface area contributed by atoms with Crippen LogP contribution in [0.15, 0.2) is 10.5 Å². The summed E-state index contributed by atoms with van der Waals surface area (Å²) in [6.45, 7) is 6.55. The Bertz CT molecular complexity index is 351. The maximum atomic E-state index is 11.8. The van der Waals surface area contributed by atoms with Crippen LogP contribution in [0, 0.1) is 13.8 Å². The van der Waals surface area contributed by atoms with Crippen LogP contribution in [0.4, 0.5) is 0 Å². The number of carbonyl (C=O) groups is 1. The first kappa shape index (κ1) is 13.9. The van der Waals surface area contributed by atoms with E-state index in [0.717, 1.165) is 11.3 Å². The minimum atomic E-state index is 0.0184. The Balaban J connectivity index is 2.35. The van der Waals surface area contributed by atoms with Crippen LogP contribution in [0.1, 0.15) is 41.6 Å². The van der Waals surface area contributed by atoms with Crippen LogP contribution in [0.2, 0.25) is 0 Å². The van der Waals surface area contributed by atoms with Crippen molar-refractivity contribution < 1.29 is 14.3 Å². The first-order valence-corrected chi connectivity index (χ1v) is 5.99. The van der Waals surface area contributed by atoms with Crippen LogP contribution in [0.25, 0.3) is 0 Å². The van der Waals surface area contributed by atoms with Crippen LogP contribution in [0.3, 0.4) is 0 Å². The highest BCUT2D eigenvalue weighted by atomic mass is 16.3. The minimum absolute atomic E-state index is 0.0184. The lowest BCUT2D eigenvalue weighted by molar-refractivity contribution is 0.0953. The molecular formula is C13H21NO3. The fraction of sp³-hybridized carbons (Fsp3) is 0.615. The van der Waals surface area contributed by atoms with Gasteiger partial charge in [-0.1, -0.05) is 0 Å². The van der Waals surface area contributed by atoms with Crippen molar-refractivity contribution in [2.75, 3.05) is 13.2 Å². The molecule has 0 amide bonds. The number of hydrogen-bond donors (Lipinski definition) is 2. The van der Waals surface area contributed by atoms with Gasteiger partial charge >= 0.3 is 0 Å². The van der Waals surface area contributed by atoms with Gasteiger partial charge in [0.1, 0.15) is 5.76 Å². The van der Waals surface area contributed by atoms with E-state index in [2.05, 4.69) is 5.32 Å². The van der Waals surface area contributed by atoms with Crippen molar-refractivity contribution in [3.63, 3.8) is 0 Å². The average Bonchev–Trinajstić information content (AvgIpc) is 2.59. The van der Waals surface area contributed by atoms with Gasteiger partial charge in [-0.25, -0.2) is 0 Å². The zero-order valence-electron chi connectivity index (χ0n) is 10.7. The van der Waals surface area contributed by atoms with Gasteiger partial charge in [-0.05, 0) is 38.8 Å². The van der Waals surface area contributed by atoms with E-state index in [0.29, 0.717) is 25.1 Å². The Morgan fingerprint density at radius 3 is 2.76 bits per heavy atom.